The number of nitrogens with zero attached hydrogens (tertiary/aromatic N) is 3. The highest BCUT2D eigenvalue weighted by atomic mass is 16.5. The summed E-state index contributed by atoms with van der Waals surface area (Å²) in [7, 11) is 1.73. The van der Waals surface area contributed by atoms with Crippen molar-refractivity contribution in [2.45, 2.75) is 39.5 Å². The van der Waals surface area contributed by atoms with Crippen molar-refractivity contribution in [3.05, 3.63) is 39.8 Å². The number of benzene rings is 1. The summed E-state index contributed by atoms with van der Waals surface area (Å²) in [6, 6.07) is 5.49. The number of aromatic nitrogens is 4. The second-order valence-electron chi connectivity index (χ2n) is 6.73. The van der Waals surface area contributed by atoms with E-state index in [1.807, 2.05) is 26.0 Å². The number of hydroxylamine groups is 1. The Hall–Kier alpha value is -3.20. The zero-order chi connectivity index (χ0) is 21.0. The molecule has 1 amide bonds. The standard InChI is InChI=1S/C20H25N5O4/c1-4-6-14-17-18(25(3)23-14)20(27)22-19(21-17)13-11-12(8-10-16(26)24-28)7-9-15(13)29-5-2/h7,9,11,28H,4-6,8,10H2,1-3H3,(H,24,26)(H,21,22,27). The van der Waals surface area contributed by atoms with Crippen LogP contribution in [0.3, 0.4) is 0 Å². The molecule has 2 heterocycles. The van der Waals surface area contributed by atoms with Gasteiger partial charge in [0.25, 0.3) is 5.56 Å². The van der Waals surface area contributed by atoms with Gasteiger partial charge in [-0.05, 0) is 37.5 Å². The third kappa shape index (κ3) is 4.29. The van der Waals surface area contributed by atoms with Gasteiger partial charge in [0.1, 0.15) is 17.1 Å². The summed E-state index contributed by atoms with van der Waals surface area (Å²) in [5.74, 6) is 0.518. The van der Waals surface area contributed by atoms with Gasteiger partial charge in [-0.15, -0.1) is 0 Å². The number of nitrogens with one attached hydrogen (secondary N) is 2. The maximum atomic E-state index is 12.7. The van der Waals surface area contributed by atoms with Crippen LogP contribution in [0.5, 0.6) is 5.75 Å². The van der Waals surface area contributed by atoms with Crippen molar-refractivity contribution in [2.75, 3.05) is 6.61 Å². The second kappa shape index (κ2) is 8.87. The number of H-pyrrole nitrogens is 1. The highest BCUT2D eigenvalue weighted by Gasteiger charge is 2.17. The predicted molar refractivity (Wildman–Crippen MR) is 108 cm³/mol. The van der Waals surface area contributed by atoms with Gasteiger partial charge in [-0.3, -0.25) is 19.5 Å². The number of amides is 1. The highest BCUT2D eigenvalue weighted by molar-refractivity contribution is 5.80. The summed E-state index contributed by atoms with van der Waals surface area (Å²) in [5.41, 5.74) is 4.66. The summed E-state index contributed by atoms with van der Waals surface area (Å²) in [6.07, 6.45) is 2.17. The molecule has 0 bridgehead atoms. The fourth-order valence-corrected chi connectivity index (χ4v) is 3.29. The third-order valence-corrected chi connectivity index (χ3v) is 4.61. The molecule has 0 spiro atoms. The summed E-state index contributed by atoms with van der Waals surface area (Å²) in [4.78, 5) is 31.6. The topological polar surface area (TPSA) is 122 Å². The van der Waals surface area contributed by atoms with Crippen LogP contribution in [0.4, 0.5) is 0 Å². The Kier molecular flexibility index (Phi) is 6.28. The number of carbonyl (C=O) groups is 1. The zero-order valence-electron chi connectivity index (χ0n) is 16.8. The van der Waals surface area contributed by atoms with Crippen molar-refractivity contribution >= 4 is 16.9 Å². The largest absolute Gasteiger partial charge is 0.493 e. The number of ether oxygens (including phenoxy) is 1. The molecule has 0 radical (unpaired) electrons. The van der Waals surface area contributed by atoms with Crippen molar-refractivity contribution in [3.63, 3.8) is 0 Å². The van der Waals surface area contributed by atoms with Crippen LogP contribution in [0.15, 0.2) is 23.0 Å². The van der Waals surface area contributed by atoms with Crippen LogP contribution in [-0.4, -0.2) is 37.5 Å². The summed E-state index contributed by atoms with van der Waals surface area (Å²) in [6.45, 7) is 4.39. The van der Waals surface area contributed by atoms with Crippen LogP contribution in [-0.2, 0) is 24.7 Å². The van der Waals surface area contributed by atoms with Crippen LogP contribution >= 0.6 is 0 Å². The lowest BCUT2D eigenvalue weighted by Crippen LogP contribution is -2.18. The number of aryl methyl sites for hydroxylation is 3. The molecule has 0 atom stereocenters. The maximum absolute atomic E-state index is 12.7. The molecule has 3 aromatic rings. The van der Waals surface area contributed by atoms with Gasteiger partial charge in [0.15, 0.2) is 5.52 Å². The summed E-state index contributed by atoms with van der Waals surface area (Å²) in [5, 5.41) is 13.1. The van der Waals surface area contributed by atoms with Gasteiger partial charge in [0.2, 0.25) is 5.91 Å². The van der Waals surface area contributed by atoms with Gasteiger partial charge in [-0.2, -0.15) is 5.10 Å². The average molecular weight is 399 g/mol. The lowest BCUT2D eigenvalue weighted by Gasteiger charge is -2.12. The number of hydrogen-bond acceptors (Lipinski definition) is 6. The Morgan fingerprint density at radius 3 is 2.79 bits per heavy atom. The van der Waals surface area contributed by atoms with E-state index in [4.69, 9.17) is 14.9 Å². The molecule has 0 saturated carbocycles. The van der Waals surface area contributed by atoms with Crippen molar-refractivity contribution < 1.29 is 14.7 Å². The maximum Gasteiger partial charge on any atom is 0.277 e. The minimum absolute atomic E-state index is 0.135. The Labute approximate surface area is 167 Å². The van der Waals surface area contributed by atoms with Gasteiger partial charge < -0.3 is 9.72 Å². The first-order valence-corrected chi connectivity index (χ1v) is 9.63. The van der Waals surface area contributed by atoms with Crippen LogP contribution in [0.25, 0.3) is 22.4 Å². The monoisotopic (exact) mass is 399 g/mol. The molecule has 154 valence electrons. The van der Waals surface area contributed by atoms with E-state index in [-0.39, 0.29) is 12.0 Å². The van der Waals surface area contributed by atoms with Gasteiger partial charge in [-0.1, -0.05) is 19.4 Å². The molecular weight excluding hydrogens is 374 g/mol. The van der Waals surface area contributed by atoms with E-state index in [2.05, 4.69) is 10.1 Å². The first-order valence-electron chi connectivity index (χ1n) is 9.63. The molecule has 0 aliphatic heterocycles. The van der Waals surface area contributed by atoms with E-state index in [1.54, 1.807) is 23.3 Å². The van der Waals surface area contributed by atoms with Crippen molar-refractivity contribution in [1.29, 1.82) is 0 Å². The molecule has 0 saturated heterocycles. The van der Waals surface area contributed by atoms with E-state index in [1.165, 1.54) is 0 Å². The van der Waals surface area contributed by atoms with Gasteiger partial charge >= 0.3 is 0 Å². The van der Waals surface area contributed by atoms with Gasteiger partial charge in [0, 0.05) is 13.5 Å². The molecule has 0 aliphatic carbocycles. The van der Waals surface area contributed by atoms with Gasteiger partial charge in [0.05, 0.1) is 17.9 Å². The number of fused-ring (bicyclic) bond motifs is 1. The van der Waals surface area contributed by atoms with Crippen LogP contribution in [0.1, 0.15) is 37.9 Å². The summed E-state index contributed by atoms with van der Waals surface area (Å²) >= 11 is 0. The smallest absolute Gasteiger partial charge is 0.277 e. The molecule has 0 aliphatic rings. The molecule has 2 aromatic heterocycles. The van der Waals surface area contributed by atoms with Crippen LogP contribution < -0.4 is 15.8 Å². The molecular formula is C20H25N5O4. The number of aromatic amines is 1. The third-order valence-electron chi connectivity index (χ3n) is 4.61. The molecule has 1 aromatic carbocycles. The minimum atomic E-state index is -0.465. The molecule has 9 nitrogen and oxygen atoms in total. The molecule has 9 heteroatoms. The number of rotatable bonds is 8. The first kappa shape index (κ1) is 20.5. The zero-order valence-corrected chi connectivity index (χ0v) is 16.8. The molecule has 29 heavy (non-hydrogen) atoms. The molecule has 0 unspecified atom stereocenters. The number of carbonyl (C=O) groups excluding carboxylic acids is 1. The Balaban J connectivity index is 2.12. The van der Waals surface area contributed by atoms with Gasteiger partial charge in [-0.25, -0.2) is 10.5 Å². The molecule has 3 N–H and O–H groups in total. The van der Waals surface area contributed by atoms with Crippen LogP contribution in [0.2, 0.25) is 0 Å². The quantitative estimate of drug-likeness (QED) is 0.394. The van der Waals surface area contributed by atoms with E-state index < -0.39 is 5.91 Å². The van der Waals surface area contributed by atoms with Crippen molar-refractivity contribution in [3.8, 4) is 17.1 Å². The fourth-order valence-electron chi connectivity index (χ4n) is 3.29. The number of hydrogen-bond donors (Lipinski definition) is 3. The van der Waals surface area contributed by atoms with E-state index >= 15 is 0 Å². The Morgan fingerprint density at radius 1 is 1.31 bits per heavy atom. The highest BCUT2D eigenvalue weighted by Crippen LogP contribution is 2.30. The minimum Gasteiger partial charge on any atom is -0.493 e. The van der Waals surface area contributed by atoms with Crippen molar-refractivity contribution in [2.24, 2.45) is 7.05 Å². The Bertz CT molecular complexity index is 1090. The van der Waals surface area contributed by atoms with E-state index in [0.29, 0.717) is 41.2 Å². The first-order chi connectivity index (χ1) is 14.0. The fraction of sp³-hybridized carbons (Fsp3) is 0.400. The molecule has 3 rings (SSSR count). The summed E-state index contributed by atoms with van der Waals surface area (Å²) < 4.78 is 7.28. The average Bonchev–Trinajstić information content (AvgIpc) is 3.03. The van der Waals surface area contributed by atoms with E-state index in [9.17, 15) is 9.59 Å². The lowest BCUT2D eigenvalue weighted by molar-refractivity contribution is -0.129. The van der Waals surface area contributed by atoms with E-state index in [0.717, 1.165) is 24.1 Å². The van der Waals surface area contributed by atoms with Crippen LogP contribution in [0, 0.1) is 0 Å². The second-order valence-corrected chi connectivity index (χ2v) is 6.73. The van der Waals surface area contributed by atoms with Crippen molar-refractivity contribution in [1.82, 2.24) is 25.2 Å². The SMILES string of the molecule is CCCc1nn(C)c2c(=O)[nH]c(-c3cc(CCC(=O)NO)ccc3OCC)nc12. The molecule has 0 fully saturated rings. The Morgan fingerprint density at radius 2 is 2.10 bits per heavy atom. The normalized spacial score (nSPS) is 11.0. The lowest BCUT2D eigenvalue weighted by atomic mass is 10.0. The predicted octanol–water partition coefficient (Wildman–Crippen LogP) is 2.11.